The Labute approximate surface area is 260 Å². The maximum atomic E-state index is 14.5. The number of nitrogens with zero attached hydrogens (tertiary/aromatic N) is 6. The minimum Gasteiger partial charge on any atom is -0.461 e. The van der Waals surface area contributed by atoms with Gasteiger partial charge in [0.05, 0.1) is 16.8 Å². The van der Waals surface area contributed by atoms with Crippen molar-refractivity contribution in [1.29, 1.82) is 0 Å². The molecule has 1 amide bonds. The van der Waals surface area contributed by atoms with Crippen molar-refractivity contribution >= 4 is 28.5 Å². The Bertz CT molecular complexity index is 1840. The Kier molecular flexibility index (Phi) is 8.90. The molecule has 2 aromatic carbocycles. The van der Waals surface area contributed by atoms with Crippen LogP contribution in [0.15, 0.2) is 79.1 Å². The number of anilines is 1. The van der Waals surface area contributed by atoms with Crippen molar-refractivity contribution in [1.82, 2.24) is 29.5 Å². The van der Waals surface area contributed by atoms with Crippen LogP contribution < -0.4 is 5.32 Å². The van der Waals surface area contributed by atoms with Gasteiger partial charge in [0, 0.05) is 67.4 Å². The number of amides is 1. The van der Waals surface area contributed by atoms with Crippen molar-refractivity contribution in [2.45, 2.75) is 13.5 Å². The zero-order valence-corrected chi connectivity index (χ0v) is 25.2. The summed E-state index contributed by atoms with van der Waals surface area (Å²) in [7, 11) is 2.08. The number of piperazine rings is 1. The fraction of sp³-hybridized carbons (Fsp3) is 0.265. The number of pyridine rings is 2. The van der Waals surface area contributed by atoms with E-state index in [1.54, 1.807) is 12.4 Å². The van der Waals surface area contributed by atoms with Gasteiger partial charge in [0.15, 0.2) is 0 Å². The summed E-state index contributed by atoms with van der Waals surface area (Å²) in [5.41, 5.74) is 4.86. The largest absolute Gasteiger partial charge is 0.461 e. The molecule has 0 saturated carbocycles. The molecule has 1 N–H and O–H groups in total. The van der Waals surface area contributed by atoms with E-state index in [1.165, 1.54) is 16.8 Å². The Morgan fingerprint density at radius 3 is 2.62 bits per heavy atom. The first kappa shape index (κ1) is 30.0. The van der Waals surface area contributed by atoms with Gasteiger partial charge in [-0.2, -0.15) is 5.10 Å². The molecule has 6 rings (SSSR count). The Morgan fingerprint density at radius 2 is 1.80 bits per heavy atom. The van der Waals surface area contributed by atoms with Gasteiger partial charge in [-0.25, -0.2) is 9.18 Å². The number of likely N-dealkylation sites (N-methyl/N-ethyl adjacent to an activating group) is 1. The van der Waals surface area contributed by atoms with Gasteiger partial charge in [0.2, 0.25) is 5.91 Å². The number of halogens is 1. The highest BCUT2D eigenvalue weighted by atomic mass is 19.1. The molecule has 0 bridgehead atoms. The molecule has 0 unspecified atom stereocenters. The Balaban J connectivity index is 1.18. The van der Waals surface area contributed by atoms with Crippen LogP contribution in [0.5, 0.6) is 0 Å². The number of hydrogen-bond donors (Lipinski definition) is 1. The first-order valence-electron chi connectivity index (χ1n) is 14.9. The van der Waals surface area contributed by atoms with Crippen LogP contribution in [0.2, 0.25) is 0 Å². The molecule has 1 aliphatic heterocycles. The number of para-hydroxylation sites is 1. The van der Waals surface area contributed by atoms with E-state index in [0.717, 1.165) is 60.0 Å². The van der Waals surface area contributed by atoms with E-state index >= 15 is 0 Å². The number of aromatic nitrogens is 4. The molecule has 1 fully saturated rings. The first-order valence-corrected chi connectivity index (χ1v) is 14.9. The fourth-order valence-corrected chi connectivity index (χ4v) is 5.44. The van der Waals surface area contributed by atoms with Crippen LogP contribution in [0.4, 0.5) is 10.1 Å². The highest BCUT2D eigenvalue weighted by Crippen LogP contribution is 2.34. The molecule has 1 saturated heterocycles. The van der Waals surface area contributed by atoms with Crippen LogP contribution in [-0.4, -0.2) is 87.8 Å². The second kappa shape index (κ2) is 13.3. The quantitative estimate of drug-likeness (QED) is 0.242. The topological polar surface area (TPSA) is 105 Å². The minimum atomic E-state index is -0.655. The third-order valence-corrected chi connectivity index (χ3v) is 7.79. The number of aryl methyl sites for hydroxylation is 1. The van der Waals surface area contributed by atoms with Crippen LogP contribution in [0, 0.1) is 12.7 Å². The van der Waals surface area contributed by atoms with Crippen LogP contribution >= 0.6 is 0 Å². The lowest BCUT2D eigenvalue weighted by molar-refractivity contribution is -0.116. The van der Waals surface area contributed by atoms with Gasteiger partial charge in [0.25, 0.3) is 0 Å². The van der Waals surface area contributed by atoms with Crippen molar-refractivity contribution < 1.29 is 18.7 Å². The molecule has 4 heterocycles. The number of rotatable bonds is 9. The highest BCUT2D eigenvalue weighted by molar-refractivity contribution is 5.98. The van der Waals surface area contributed by atoms with E-state index in [2.05, 4.69) is 32.1 Å². The number of carbonyl (C=O) groups excluding carboxylic acids is 2. The van der Waals surface area contributed by atoms with E-state index in [0.29, 0.717) is 17.9 Å². The van der Waals surface area contributed by atoms with Crippen LogP contribution in [-0.2, 0) is 16.1 Å². The van der Waals surface area contributed by atoms with Gasteiger partial charge >= 0.3 is 5.97 Å². The second-order valence-electron chi connectivity index (χ2n) is 11.2. The summed E-state index contributed by atoms with van der Waals surface area (Å²) in [4.78, 5) is 39.5. The number of fused-ring (bicyclic) bond motifs is 1. The van der Waals surface area contributed by atoms with Crippen LogP contribution in [0.1, 0.15) is 16.1 Å². The number of esters is 1. The van der Waals surface area contributed by atoms with Gasteiger partial charge in [-0.05, 0) is 62.0 Å². The average Bonchev–Trinajstić information content (AvgIpc) is 3.44. The number of carbonyl (C=O) groups is 2. The van der Waals surface area contributed by atoms with Gasteiger partial charge in [0.1, 0.15) is 24.7 Å². The summed E-state index contributed by atoms with van der Waals surface area (Å²) < 4.78 is 21.4. The van der Waals surface area contributed by atoms with Gasteiger partial charge in [-0.3, -0.25) is 24.3 Å². The lowest BCUT2D eigenvalue weighted by Crippen LogP contribution is -2.45. The predicted molar refractivity (Wildman–Crippen MR) is 170 cm³/mol. The molecule has 11 heteroatoms. The lowest BCUT2D eigenvalue weighted by atomic mass is 10.0. The molecule has 3 aromatic heterocycles. The van der Waals surface area contributed by atoms with Gasteiger partial charge in [-0.15, -0.1) is 0 Å². The molecule has 45 heavy (non-hydrogen) atoms. The maximum absolute atomic E-state index is 14.5. The summed E-state index contributed by atoms with van der Waals surface area (Å²) in [6, 6.07) is 19.1. The van der Waals surface area contributed by atoms with Crippen molar-refractivity contribution in [2.75, 3.05) is 51.7 Å². The van der Waals surface area contributed by atoms with E-state index in [9.17, 15) is 14.0 Å². The van der Waals surface area contributed by atoms with Crippen molar-refractivity contribution in [2.24, 2.45) is 0 Å². The standard InChI is InChI=1S/C34H34FN7O3/c1-23-6-5-9-31(37-23)33-29(27-10-11-36-30-8-4-3-7-28(27)30)21-42(39-33)22-32(43)38-26-19-24(18-25(35)20-26)34(44)45-17-16-41-14-12-40(2)13-15-41/h3-11,18-21H,12-17,22H2,1-2H3,(H,38,43). The van der Waals surface area contributed by atoms with Gasteiger partial charge in [-0.1, -0.05) is 24.3 Å². The molecule has 5 aromatic rings. The lowest BCUT2D eigenvalue weighted by Gasteiger charge is -2.32. The summed E-state index contributed by atoms with van der Waals surface area (Å²) in [6.45, 7) is 6.31. The molecule has 0 atom stereocenters. The van der Waals surface area contributed by atoms with E-state index in [4.69, 9.17) is 9.84 Å². The SMILES string of the molecule is Cc1cccc(-c2nn(CC(=O)Nc3cc(F)cc(C(=O)OCCN4CCN(C)CC4)c3)cc2-c2ccnc3ccccc23)n1. The molecular weight excluding hydrogens is 573 g/mol. The number of benzene rings is 2. The molecular formula is C34H34FN7O3. The molecule has 10 nitrogen and oxygen atoms in total. The summed E-state index contributed by atoms with van der Waals surface area (Å²) >= 11 is 0. The molecule has 230 valence electrons. The van der Waals surface area contributed by atoms with Crippen molar-refractivity contribution in [3.05, 3.63) is 96.2 Å². The van der Waals surface area contributed by atoms with Crippen LogP contribution in [0.25, 0.3) is 33.4 Å². The van der Waals surface area contributed by atoms with Gasteiger partial charge < -0.3 is 15.0 Å². The number of ether oxygens (including phenoxy) is 1. The average molecular weight is 608 g/mol. The molecule has 0 radical (unpaired) electrons. The van der Waals surface area contributed by atoms with Crippen LogP contribution in [0.3, 0.4) is 0 Å². The summed E-state index contributed by atoms with van der Waals surface area (Å²) in [6.07, 6.45) is 3.55. The highest BCUT2D eigenvalue weighted by Gasteiger charge is 2.19. The summed E-state index contributed by atoms with van der Waals surface area (Å²) in [5, 5.41) is 8.39. The second-order valence-corrected chi connectivity index (χ2v) is 11.2. The fourth-order valence-electron chi connectivity index (χ4n) is 5.44. The monoisotopic (exact) mass is 607 g/mol. The Hall–Kier alpha value is -5.00. The van der Waals surface area contributed by atoms with E-state index < -0.39 is 17.7 Å². The smallest absolute Gasteiger partial charge is 0.338 e. The predicted octanol–water partition coefficient (Wildman–Crippen LogP) is 4.65. The third kappa shape index (κ3) is 7.22. The Morgan fingerprint density at radius 1 is 0.978 bits per heavy atom. The van der Waals surface area contributed by atoms with E-state index in [-0.39, 0.29) is 24.4 Å². The normalized spacial score (nSPS) is 14.0. The van der Waals surface area contributed by atoms with Crippen molar-refractivity contribution in [3.63, 3.8) is 0 Å². The zero-order valence-electron chi connectivity index (χ0n) is 25.2. The molecule has 1 aliphatic rings. The number of nitrogens with one attached hydrogen (secondary N) is 1. The summed E-state index contributed by atoms with van der Waals surface area (Å²) in [5.74, 6) is -1.74. The third-order valence-electron chi connectivity index (χ3n) is 7.79. The zero-order chi connectivity index (χ0) is 31.3. The number of hydrogen-bond acceptors (Lipinski definition) is 8. The van der Waals surface area contributed by atoms with E-state index in [1.807, 2.05) is 55.5 Å². The van der Waals surface area contributed by atoms with Crippen molar-refractivity contribution in [3.8, 4) is 22.5 Å². The minimum absolute atomic E-state index is 0.0300. The molecule has 0 spiro atoms. The molecule has 0 aliphatic carbocycles. The first-order chi connectivity index (χ1) is 21.8. The maximum Gasteiger partial charge on any atom is 0.338 e.